The van der Waals surface area contributed by atoms with E-state index in [1.54, 1.807) is 16.4 Å². The van der Waals surface area contributed by atoms with Gasteiger partial charge in [0.2, 0.25) is 15.9 Å². The Hall–Kier alpha value is -2.59. The van der Waals surface area contributed by atoms with Crippen LogP contribution < -0.4 is 5.32 Å². The molecule has 0 atom stereocenters. The fraction of sp³-hybridized carbons (Fsp3) is 0.333. The Labute approximate surface area is 199 Å². The first-order valence-corrected chi connectivity index (χ1v) is 13.2. The second-order valence-electron chi connectivity index (χ2n) is 8.32. The van der Waals surface area contributed by atoms with Gasteiger partial charge in [-0.1, -0.05) is 35.4 Å². The van der Waals surface area contributed by atoms with Crippen LogP contribution in [0.1, 0.15) is 21.8 Å². The lowest BCUT2D eigenvalue weighted by Crippen LogP contribution is -2.48. The number of benzene rings is 2. The Morgan fingerprint density at radius 3 is 2.21 bits per heavy atom. The number of carbonyl (C=O) groups excluding carboxylic acids is 1. The first kappa shape index (κ1) is 23.6. The van der Waals surface area contributed by atoms with Gasteiger partial charge in [0.25, 0.3) is 0 Å². The van der Waals surface area contributed by atoms with Gasteiger partial charge in [-0.25, -0.2) is 13.4 Å². The number of nitrogens with zero attached hydrogens (tertiary/aromatic N) is 3. The zero-order valence-corrected chi connectivity index (χ0v) is 20.5. The number of carbonyl (C=O) groups is 1. The van der Waals surface area contributed by atoms with Gasteiger partial charge >= 0.3 is 0 Å². The molecule has 7 nitrogen and oxygen atoms in total. The van der Waals surface area contributed by atoms with Crippen molar-refractivity contribution >= 4 is 33.0 Å². The summed E-state index contributed by atoms with van der Waals surface area (Å²) in [5.41, 5.74) is 3.87. The molecule has 9 heteroatoms. The molecule has 1 fully saturated rings. The van der Waals surface area contributed by atoms with Crippen molar-refractivity contribution in [3.63, 3.8) is 0 Å². The molecular weight excluding hydrogens is 456 g/mol. The smallest absolute Gasteiger partial charge is 0.243 e. The van der Waals surface area contributed by atoms with Gasteiger partial charge in [0.15, 0.2) is 0 Å². The molecule has 33 heavy (non-hydrogen) atoms. The molecule has 1 saturated heterocycles. The highest BCUT2D eigenvalue weighted by Crippen LogP contribution is 2.20. The van der Waals surface area contributed by atoms with Crippen molar-refractivity contribution in [3.05, 3.63) is 75.7 Å². The van der Waals surface area contributed by atoms with Crippen molar-refractivity contribution < 1.29 is 13.2 Å². The van der Waals surface area contributed by atoms with Gasteiger partial charge in [-0.3, -0.25) is 9.69 Å². The summed E-state index contributed by atoms with van der Waals surface area (Å²) in [5.74, 6) is -0.0883. The van der Waals surface area contributed by atoms with E-state index in [4.69, 9.17) is 0 Å². The Morgan fingerprint density at radius 2 is 1.58 bits per heavy atom. The highest BCUT2D eigenvalue weighted by atomic mass is 32.2. The molecule has 0 spiro atoms. The molecule has 0 aliphatic carbocycles. The number of rotatable bonds is 7. The van der Waals surface area contributed by atoms with E-state index in [0.717, 1.165) is 27.5 Å². The lowest BCUT2D eigenvalue weighted by atomic mass is 10.2. The monoisotopic (exact) mass is 484 g/mol. The van der Waals surface area contributed by atoms with E-state index in [1.165, 1.54) is 11.3 Å². The number of thiazole rings is 1. The molecule has 1 amide bonds. The third-order valence-corrected chi connectivity index (χ3v) is 8.43. The summed E-state index contributed by atoms with van der Waals surface area (Å²) in [6.45, 7) is 6.78. The van der Waals surface area contributed by atoms with Crippen molar-refractivity contribution in [2.45, 2.75) is 31.7 Å². The molecule has 4 rings (SSSR count). The SMILES string of the molecule is Cc1ccc(NC(=O)Cc2nc(CN3CCN(S(=O)(=O)c4ccc(C)cc4)CC3)cs2)cc1. The van der Waals surface area contributed by atoms with Gasteiger partial charge in [0.05, 0.1) is 17.0 Å². The number of sulfonamides is 1. The lowest BCUT2D eigenvalue weighted by Gasteiger charge is -2.33. The van der Waals surface area contributed by atoms with E-state index < -0.39 is 10.0 Å². The Balaban J connectivity index is 1.27. The zero-order valence-electron chi connectivity index (χ0n) is 18.8. The van der Waals surface area contributed by atoms with Crippen molar-refractivity contribution in [1.82, 2.24) is 14.2 Å². The topological polar surface area (TPSA) is 82.6 Å². The summed E-state index contributed by atoms with van der Waals surface area (Å²) < 4.78 is 27.3. The van der Waals surface area contributed by atoms with Crippen LogP contribution in [-0.4, -0.2) is 54.7 Å². The summed E-state index contributed by atoms with van der Waals surface area (Å²) in [4.78, 5) is 19.5. The van der Waals surface area contributed by atoms with Gasteiger partial charge in [-0.05, 0) is 38.1 Å². The first-order chi connectivity index (χ1) is 15.8. The van der Waals surface area contributed by atoms with Crippen LogP contribution in [0.15, 0.2) is 58.8 Å². The molecule has 0 bridgehead atoms. The number of aromatic nitrogens is 1. The quantitative estimate of drug-likeness (QED) is 0.556. The van der Waals surface area contributed by atoms with E-state index in [-0.39, 0.29) is 12.3 Å². The number of amides is 1. The van der Waals surface area contributed by atoms with E-state index >= 15 is 0 Å². The summed E-state index contributed by atoms with van der Waals surface area (Å²) >= 11 is 1.48. The van der Waals surface area contributed by atoms with Crippen LogP contribution in [0.2, 0.25) is 0 Å². The number of nitrogens with one attached hydrogen (secondary N) is 1. The van der Waals surface area contributed by atoms with Gasteiger partial charge in [0, 0.05) is 43.8 Å². The first-order valence-electron chi connectivity index (χ1n) is 10.9. The molecule has 2 heterocycles. The normalized spacial score (nSPS) is 15.5. The maximum Gasteiger partial charge on any atom is 0.243 e. The number of aryl methyl sites for hydroxylation is 2. The zero-order chi connectivity index (χ0) is 23.4. The predicted octanol–water partition coefficient (Wildman–Crippen LogP) is 3.45. The minimum absolute atomic E-state index is 0.0883. The summed E-state index contributed by atoms with van der Waals surface area (Å²) in [5, 5.41) is 5.65. The highest BCUT2D eigenvalue weighted by Gasteiger charge is 2.28. The third kappa shape index (κ3) is 6.05. The van der Waals surface area contributed by atoms with Crippen molar-refractivity contribution in [2.24, 2.45) is 0 Å². The van der Waals surface area contributed by atoms with E-state index in [1.807, 2.05) is 55.6 Å². The van der Waals surface area contributed by atoms with E-state index in [9.17, 15) is 13.2 Å². The fourth-order valence-electron chi connectivity index (χ4n) is 3.70. The maximum atomic E-state index is 12.9. The maximum absolute atomic E-state index is 12.9. The van der Waals surface area contributed by atoms with Crippen LogP contribution in [0, 0.1) is 13.8 Å². The van der Waals surface area contributed by atoms with Crippen molar-refractivity contribution in [3.8, 4) is 0 Å². The van der Waals surface area contributed by atoms with Gasteiger partial charge in [-0.2, -0.15) is 4.31 Å². The number of hydrogen-bond acceptors (Lipinski definition) is 6. The molecule has 0 saturated carbocycles. The number of piperazine rings is 1. The molecule has 3 aromatic rings. The van der Waals surface area contributed by atoms with Crippen molar-refractivity contribution in [2.75, 3.05) is 31.5 Å². The standard InChI is InChI=1S/C24H28N4O3S2/c1-18-3-7-20(8-4-18)25-23(29)15-24-26-21(17-32-24)16-27-11-13-28(14-12-27)33(30,31)22-9-5-19(2)6-10-22/h3-10,17H,11-16H2,1-2H3,(H,25,29). The van der Waals surface area contributed by atoms with Crippen LogP contribution in [0.4, 0.5) is 5.69 Å². The lowest BCUT2D eigenvalue weighted by molar-refractivity contribution is -0.115. The molecular formula is C24H28N4O3S2. The molecule has 0 radical (unpaired) electrons. The second-order valence-corrected chi connectivity index (χ2v) is 11.2. The molecule has 1 aliphatic rings. The number of hydrogen-bond donors (Lipinski definition) is 1. The van der Waals surface area contributed by atoms with E-state index in [0.29, 0.717) is 37.6 Å². The second kappa shape index (κ2) is 10.1. The van der Waals surface area contributed by atoms with Crippen LogP contribution in [0.25, 0.3) is 0 Å². The van der Waals surface area contributed by atoms with Gasteiger partial charge < -0.3 is 5.32 Å². The molecule has 2 aromatic carbocycles. The summed E-state index contributed by atoms with van der Waals surface area (Å²) in [6.07, 6.45) is 0.237. The Morgan fingerprint density at radius 1 is 0.970 bits per heavy atom. The Kier molecular flexibility index (Phi) is 7.23. The highest BCUT2D eigenvalue weighted by molar-refractivity contribution is 7.89. The van der Waals surface area contributed by atoms with Gasteiger partial charge in [0.1, 0.15) is 5.01 Å². The number of anilines is 1. The van der Waals surface area contributed by atoms with Crippen LogP contribution in [0.5, 0.6) is 0 Å². The molecule has 1 aromatic heterocycles. The van der Waals surface area contributed by atoms with Gasteiger partial charge in [-0.15, -0.1) is 11.3 Å². The fourth-order valence-corrected chi connectivity index (χ4v) is 5.90. The van der Waals surface area contributed by atoms with E-state index in [2.05, 4.69) is 15.2 Å². The minimum atomic E-state index is -3.46. The van der Waals surface area contributed by atoms with Crippen LogP contribution >= 0.6 is 11.3 Å². The molecule has 174 valence electrons. The minimum Gasteiger partial charge on any atom is -0.326 e. The van der Waals surface area contributed by atoms with Crippen molar-refractivity contribution in [1.29, 1.82) is 0 Å². The summed E-state index contributed by atoms with van der Waals surface area (Å²) in [7, 11) is -3.46. The molecule has 1 N–H and O–H groups in total. The third-order valence-electron chi connectivity index (χ3n) is 5.62. The van der Waals surface area contributed by atoms with Crippen LogP contribution in [-0.2, 0) is 27.8 Å². The average Bonchev–Trinajstić information content (AvgIpc) is 3.22. The summed E-state index contributed by atoms with van der Waals surface area (Å²) in [6, 6.07) is 14.7. The Bertz CT molecular complexity index is 1200. The largest absolute Gasteiger partial charge is 0.326 e. The average molecular weight is 485 g/mol. The molecule has 0 unspecified atom stereocenters. The molecule has 1 aliphatic heterocycles. The predicted molar refractivity (Wildman–Crippen MR) is 131 cm³/mol. The van der Waals surface area contributed by atoms with Crippen LogP contribution in [0.3, 0.4) is 0 Å².